The van der Waals surface area contributed by atoms with E-state index in [1.54, 1.807) is 0 Å². The molecule has 0 fully saturated rings. The number of nitrogens with zero attached hydrogens (tertiary/aromatic N) is 1. The van der Waals surface area contributed by atoms with E-state index in [1.165, 1.54) is 27.2 Å². The van der Waals surface area contributed by atoms with Gasteiger partial charge in [0.25, 0.3) is 0 Å². The molecule has 2 heteroatoms. The van der Waals surface area contributed by atoms with Crippen molar-refractivity contribution in [2.24, 2.45) is 0 Å². The number of hydrogen-bond acceptors (Lipinski definition) is 1. The van der Waals surface area contributed by atoms with E-state index in [-0.39, 0.29) is 0 Å². The molecule has 80 valence electrons. The van der Waals surface area contributed by atoms with Crippen LogP contribution < -0.4 is 0 Å². The average molecular weight is 218 g/mol. The van der Waals surface area contributed by atoms with Crippen LogP contribution in [0.2, 0.25) is 0 Å². The zero-order valence-electron chi connectivity index (χ0n) is 9.14. The number of rotatable bonds is 0. The van der Waals surface area contributed by atoms with Crippen LogP contribution in [-0.2, 0) is 0 Å². The number of nitrogens with one attached hydrogen (secondary N) is 1. The fourth-order valence-corrected chi connectivity index (χ4v) is 2.47. The summed E-state index contributed by atoms with van der Waals surface area (Å²) in [6.07, 6.45) is 1.83. The minimum absolute atomic E-state index is 1.03. The summed E-state index contributed by atoms with van der Waals surface area (Å²) >= 11 is 0. The van der Waals surface area contributed by atoms with Gasteiger partial charge in [-0.05, 0) is 24.3 Å². The smallest absolute Gasteiger partial charge is 0.0723 e. The van der Waals surface area contributed by atoms with Gasteiger partial charge in [0, 0.05) is 27.9 Å². The van der Waals surface area contributed by atoms with Gasteiger partial charge in [-0.1, -0.05) is 24.3 Å². The predicted octanol–water partition coefficient (Wildman–Crippen LogP) is 3.87. The van der Waals surface area contributed by atoms with Crippen molar-refractivity contribution in [2.45, 2.75) is 0 Å². The minimum Gasteiger partial charge on any atom is -0.354 e. The summed E-state index contributed by atoms with van der Waals surface area (Å²) in [4.78, 5) is 7.86. The number of aromatic amines is 1. The first-order valence-corrected chi connectivity index (χ1v) is 5.68. The molecule has 2 aromatic heterocycles. The van der Waals surface area contributed by atoms with E-state index in [0.717, 1.165) is 5.52 Å². The number of aromatic nitrogens is 2. The van der Waals surface area contributed by atoms with Gasteiger partial charge in [0.1, 0.15) is 0 Å². The summed E-state index contributed by atoms with van der Waals surface area (Å²) < 4.78 is 0. The van der Waals surface area contributed by atoms with Crippen LogP contribution in [0.15, 0.2) is 54.7 Å². The Bertz CT molecular complexity index is 843. The fraction of sp³-hybridized carbons (Fsp3) is 0. The van der Waals surface area contributed by atoms with Crippen molar-refractivity contribution < 1.29 is 0 Å². The highest BCUT2D eigenvalue weighted by molar-refractivity contribution is 6.16. The van der Waals surface area contributed by atoms with E-state index in [4.69, 9.17) is 0 Å². The monoisotopic (exact) mass is 218 g/mol. The molecular weight excluding hydrogens is 208 g/mol. The highest BCUT2D eigenvalue weighted by Gasteiger charge is 2.06. The molecule has 0 aliphatic rings. The van der Waals surface area contributed by atoms with Gasteiger partial charge in [-0.25, -0.2) is 0 Å². The van der Waals surface area contributed by atoms with Crippen molar-refractivity contribution in [2.75, 3.05) is 0 Å². The quantitative estimate of drug-likeness (QED) is 0.477. The Labute approximate surface area is 97.9 Å². The van der Waals surface area contributed by atoms with E-state index in [9.17, 15) is 0 Å². The van der Waals surface area contributed by atoms with Gasteiger partial charge in [0.05, 0.1) is 11.0 Å². The number of pyridine rings is 1. The largest absolute Gasteiger partial charge is 0.354 e. The zero-order valence-corrected chi connectivity index (χ0v) is 9.14. The molecule has 0 saturated heterocycles. The molecule has 0 aliphatic carbocycles. The lowest BCUT2D eigenvalue weighted by Crippen LogP contribution is -1.78. The maximum absolute atomic E-state index is 4.38. The van der Waals surface area contributed by atoms with Crippen LogP contribution in [0.3, 0.4) is 0 Å². The van der Waals surface area contributed by atoms with Gasteiger partial charge < -0.3 is 4.98 Å². The summed E-state index contributed by atoms with van der Waals surface area (Å²) in [5.74, 6) is 0. The van der Waals surface area contributed by atoms with E-state index in [0.29, 0.717) is 0 Å². The van der Waals surface area contributed by atoms with Crippen molar-refractivity contribution in [3.8, 4) is 0 Å². The van der Waals surface area contributed by atoms with E-state index >= 15 is 0 Å². The molecule has 0 radical (unpaired) electrons. The van der Waals surface area contributed by atoms with Crippen molar-refractivity contribution in [3.63, 3.8) is 0 Å². The molecule has 2 nitrogen and oxygen atoms in total. The van der Waals surface area contributed by atoms with Crippen molar-refractivity contribution >= 4 is 32.7 Å². The summed E-state index contributed by atoms with van der Waals surface area (Å²) in [6, 6.07) is 16.7. The second-order valence-corrected chi connectivity index (χ2v) is 4.23. The van der Waals surface area contributed by atoms with Crippen LogP contribution in [-0.4, -0.2) is 9.97 Å². The maximum atomic E-state index is 4.38. The zero-order chi connectivity index (χ0) is 11.2. The SMILES string of the molecule is c1ccc2c(c1)[nH]c1c3cccnc3ccc21. The molecule has 1 N–H and O–H groups in total. The predicted molar refractivity (Wildman–Crippen MR) is 71.1 cm³/mol. The average Bonchev–Trinajstić information content (AvgIpc) is 2.78. The Hall–Kier alpha value is -2.35. The first kappa shape index (κ1) is 8.76. The lowest BCUT2D eigenvalue weighted by atomic mass is 10.1. The van der Waals surface area contributed by atoms with Crippen LogP contribution in [0.5, 0.6) is 0 Å². The Balaban J connectivity index is 2.34. The van der Waals surface area contributed by atoms with Gasteiger partial charge in [-0.2, -0.15) is 0 Å². The lowest BCUT2D eigenvalue weighted by molar-refractivity contribution is 1.42. The Morgan fingerprint density at radius 3 is 2.65 bits per heavy atom. The molecule has 17 heavy (non-hydrogen) atoms. The molecule has 0 unspecified atom stereocenters. The third-order valence-electron chi connectivity index (χ3n) is 3.26. The highest BCUT2D eigenvalue weighted by Crippen LogP contribution is 2.29. The summed E-state index contributed by atoms with van der Waals surface area (Å²) in [5.41, 5.74) is 3.39. The Kier molecular flexibility index (Phi) is 1.59. The van der Waals surface area contributed by atoms with Crippen molar-refractivity contribution in [3.05, 3.63) is 54.7 Å². The van der Waals surface area contributed by atoms with Gasteiger partial charge in [0.15, 0.2) is 0 Å². The van der Waals surface area contributed by atoms with Gasteiger partial charge in [0.2, 0.25) is 0 Å². The molecular formula is C15H10N2. The van der Waals surface area contributed by atoms with Crippen LogP contribution in [0.1, 0.15) is 0 Å². The number of H-pyrrole nitrogens is 1. The molecule has 4 aromatic rings. The topological polar surface area (TPSA) is 28.7 Å². The number of fused-ring (bicyclic) bond motifs is 5. The molecule has 0 saturated carbocycles. The second kappa shape index (κ2) is 3.08. The molecule has 0 bridgehead atoms. The van der Waals surface area contributed by atoms with E-state index in [2.05, 4.69) is 52.4 Å². The Morgan fingerprint density at radius 2 is 1.65 bits per heavy atom. The van der Waals surface area contributed by atoms with Crippen LogP contribution in [0.25, 0.3) is 32.7 Å². The fourth-order valence-electron chi connectivity index (χ4n) is 2.47. The lowest BCUT2D eigenvalue weighted by Gasteiger charge is -1.97. The number of hydrogen-bond donors (Lipinski definition) is 1. The number of benzene rings is 2. The molecule has 2 heterocycles. The van der Waals surface area contributed by atoms with Gasteiger partial charge >= 0.3 is 0 Å². The maximum Gasteiger partial charge on any atom is 0.0723 e. The third kappa shape index (κ3) is 1.12. The van der Waals surface area contributed by atoms with Crippen molar-refractivity contribution in [1.29, 1.82) is 0 Å². The van der Waals surface area contributed by atoms with Crippen molar-refractivity contribution in [1.82, 2.24) is 9.97 Å². The molecule has 0 amide bonds. The standard InChI is InChI=1S/C15H10N2/c1-2-6-14-10(4-1)11-7-8-13-12(15(11)17-14)5-3-9-16-13/h1-9,17H. The second-order valence-electron chi connectivity index (χ2n) is 4.23. The molecule has 2 aromatic carbocycles. The summed E-state index contributed by atoms with van der Waals surface area (Å²) in [6.45, 7) is 0. The highest BCUT2D eigenvalue weighted by atomic mass is 14.7. The van der Waals surface area contributed by atoms with E-state index in [1.807, 2.05) is 12.3 Å². The van der Waals surface area contributed by atoms with Crippen LogP contribution in [0.4, 0.5) is 0 Å². The van der Waals surface area contributed by atoms with Crippen LogP contribution in [0, 0.1) is 0 Å². The molecule has 0 atom stereocenters. The molecule has 4 rings (SSSR count). The first-order valence-electron chi connectivity index (χ1n) is 5.68. The normalized spacial score (nSPS) is 11.5. The molecule has 0 aliphatic heterocycles. The third-order valence-corrected chi connectivity index (χ3v) is 3.26. The molecule has 0 spiro atoms. The number of para-hydroxylation sites is 1. The Morgan fingerprint density at radius 1 is 0.765 bits per heavy atom. The van der Waals surface area contributed by atoms with Gasteiger partial charge in [-0.3, -0.25) is 4.98 Å². The van der Waals surface area contributed by atoms with E-state index < -0.39 is 0 Å². The summed E-state index contributed by atoms with van der Waals surface area (Å²) in [5, 5.41) is 3.72. The minimum atomic E-state index is 1.03. The van der Waals surface area contributed by atoms with Crippen LogP contribution >= 0.6 is 0 Å². The van der Waals surface area contributed by atoms with Gasteiger partial charge in [-0.15, -0.1) is 0 Å². The first-order chi connectivity index (χ1) is 8.43. The summed E-state index contributed by atoms with van der Waals surface area (Å²) in [7, 11) is 0.